The van der Waals surface area contributed by atoms with Crippen molar-refractivity contribution in [2.75, 3.05) is 38.2 Å². The van der Waals surface area contributed by atoms with Gasteiger partial charge < -0.3 is 18.7 Å². The molecule has 0 saturated carbocycles. The third-order valence-corrected chi connectivity index (χ3v) is 4.62. The van der Waals surface area contributed by atoms with Crippen molar-refractivity contribution < 1.29 is 9.26 Å². The molecule has 0 aromatic carbocycles. The second-order valence-electron chi connectivity index (χ2n) is 6.58. The average Bonchev–Trinajstić information content (AvgIpc) is 2.89. The predicted molar refractivity (Wildman–Crippen MR) is 93.7 cm³/mol. The summed E-state index contributed by atoms with van der Waals surface area (Å²) in [5.41, 5.74) is 1.98. The zero-order valence-electron chi connectivity index (χ0n) is 15.2. The summed E-state index contributed by atoms with van der Waals surface area (Å²) in [6.45, 7) is 7.66. The first kappa shape index (κ1) is 17.6. The van der Waals surface area contributed by atoms with Crippen molar-refractivity contribution in [3.05, 3.63) is 39.8 Å². The molecule has 1 aliphatic heterocycles. The molecule has 1 atom stereocenters. The van der Waals surface area contributed by atoms with Gasteiger partial charge >= 0.3 is 0 Å². The van der Waals surface area contributed by atoms with Crippen LogP contribution < -0.4 is 10.5 Å². The molecule has 0 amide bonds. The van der Waals surface area contributed by atoms with Gasteiger partial charge in [-0.2, -0.15) is 0 Å². The molecule has 0 spiro atoms. The lowest BCUT2D eigenvalue weighted by atomic mass is 10.1. The van der Waals surface area contributed by atoms with E-state index in [0.29, 0.717) is 19.0 Å². The number of morpholine rings is 1. The Hall–Kier alpha value is -2.19. The van der Waals surface area contributed by atoms with Crippen molar-refractivity contribution in [1.82, 2.24) is 19.6 Å². The average molecular weight is 347 g/mol. The van der Waals surface area contributed by atoms with E-state index in [0.717, 1.165) is 36.7 Å². The minimum absolute atomic E-state index is 0.0194. The van der Waals surface area contributed by atoms with E-state index in [9.17, 15) is 4.79 Å². The van der Waals surface area contributed by atoms with Gasteiger partial charge in [-0.05, 0) is 13.8 Å². The molecule has 1 saturated heterocycles. The normalized spacial score (nSPS) is 18.5. The Balaban J connectivity index is 1.63. The number of likely N-dealkylation sites (N-methyl/N-ethyl adjacent to an activating group) is 1. The Kier molecular flexibility index (Phi) is 5.19. The molecule has 3 heterocycles. The summed E-state index contributed by atoms with van der Waals surface area (Å²) in [6.07, 6.45) is 3.31. The summed E-state index contributed by atoms with van der Waals surface area (Å²) in [7, 11) is 3.60. The fourth-order valence-electron chi connectivity index (χ4n) is 3.12. The zero-order valence-corrected chi connectivity index (χ0v) is 15.2. The van der Waals surface area contributed by atoms with Crippen LogP contribution in [0.2, 0.25) is 0 Å². The van der Waals surface area contributed by atoms with Gasteiger partial charge in [0, 0.05) is 58.2 Å². The Bertz CT molecular complexity index is 765. The van der Waals surface area contributed by atoms with E-state index in [-0.39, 0.29) is 11.7 Å². The molecule has 8 heteroatoms. The van der Waals surface area contributed by atoms with Gasteiger partial charge in [0.2, 0.25) is 0 Å². The number of ether oxygens (including phenoxy) is 1. The van der Waals surface area contributed by atoms with Crippen molar-refractivity contribution in [3.8, 4) is 0 Å². The number of hydrogen-bond donors (Lipinski definition) is 0. The van der Waals surface area contributed by atoms with Crippen LogP contribution in [0.4, 0.5) is 5.82 Å². The number of hydrogen-bond acceptors (Lipinski definition) is 7. The van der Waals surface area contributed by atoms with Crippen molar-refractivity contribution >= 4 is 5.82 Å². The molecule has 8 nitrogen and oxygen atoms in total. The van der Waals surface area contributed by atoms with E-state index >= 15 is 0 Å². The maximum absolute atomic E-state index is 12.2. The van der Waals surface area contributed by atoms with Gasteiger partial charge in [-0.1, -0.05) is 5.16 Å². The highest BCUT2D eigenvalue weighted by molar-refractivity contribution is 5.34. The van der Waals surface area contributed by atoms with Gasteiger partial charge in [-0.25, -0.2) is 4.98 Å². The van der Waals surface area contributed by atoms with E-state index in [2.05, 4.69) is 15.0 Å². The summed E-state index contributed by atoms with van der Waals surface area (Å²) < 4.78 is 12.7. The quantitative estimate of drug-likeness (QED) is 0.789. The van der Waals surface area contributed by atoms with Crippen LogP contribution in [0.25, 0.3) is 0 Å². The fourth-order valence-corrected chi connectivity index (χ4v) is 3.12. The number of aryl methyl sites for hydroxylation is 3. The minimum Gasteiger partial charge on any atom is -0.374 e. The van der Waals surface area contributed by atoms with Crippen LogP contribution >= 0.6 is 0 Å². The topological polar surface area (TPSA) is 76.6 Å². The van der Waals surface area contributed by atoms with E-state index in [4.69, 9.17) is 9.26 Å². The Morgan fingerprint density at radius 1 is 1.40 bits per heavy atom. The number of nitrogens with zero attached hydrogens (tertiary/aromatic N) is 5. The molecule has 2 aromatic heterocycles. The van der Waals surface area contributed by atoms with Crippen molar-refractivity contribution in [3.63, 3.8) is 0 Å². The van der Waals surface area contributed by atoms with Crippen molar-refractivity contribution in [2.45, 2.75) is 26.5 Å². The first-order valence-electron chi connectivity index (χ1n) is 8.44. The molecular weight excluding hydrogens is 322 g/mol. The Morgan fingerprint density at radius 2 is 2.20 bits per heavy atom. The highest BCUT2D eigenvalue weighted by Crippen LogP contribution is 2.17. The summed E-state index contributed by atoms with van der Waals surface area (Å²) in [5, 5.41) is 4.02. The molecule has 2 aromatic rings. The highest BCUT2D eigenvalue weighted by Gasteiger charge is 2.24. The molecular formula is C17H25N5O3. The summed E-state index contributed by atoms with van der Waals surface area (Å²) in [5.74, 6) is 1.31. The molecule has 3 rings (SSSR count). The van der Waals surface area contributed by atoms with Gasteiger partial charge in [-0.15, -0.1) is 0 Å². The largest absolute Gasteiger partial charge is 0.374 e. The third kappa shape index (κ3) is 3.91. The van der Waals surface area contributed by atoms with Crippen LogP contribution in [-0.4, -0.2) is 59.0 Å². The second kappa shape index (κ2) is 7.37. The minimum atomic E-state index is -0.103. The van der Waals surface area contributed by atoms with Gasteiger partial charge in [-0.3, -0.25) is 9.69 Å². The summed E-state index contributed by atoms with van der Waals surface area (Å²) in [6, 6.07) is 0. The molecule has 1 aliphatic rings. The van der Waals surface area contributed by atoms with Gasteiger partial charge in [0.15, 0.2) is 5.82 Å². The lowest BCUT2D eigenvalue weighted by Crippen LogP contribution is -2.47. The van der Waals surface area contributed by atoms with Crippen LogP contribution in [0.3, 0.4) is 0 Å². The highest BCUT2D eigenvalue weighted by atomic mass is 16.5. The molecule has 136 valence electrons. The molecule has 1 unspecified atom stereocenters. The second-order valence-corrected chi connectivity index (χ2v) is 6.58. The monoisotopic (exact) mass is 347 g/mol. The summed E-state index contributed by atoms with van der Waals surface area (Å²) >= 11 is 0. The van der Waals surface area contributed by atoms with Gasteiger partial charge in [0.25, 0.3) is 5.56 Å². The van der Waals surface area contributed by atoms with Crippen LogP contribution in [0.5, 0.6) is 0 Å². The first-order valence-corrected chi connectivity index (χ1v) is 8.44. The first-order chi connectivity index (χ1) is 12.0. The zero-order chi connectivity index (χ0) is 18.0. The number of anilines is 1. The third-order valence-electron chi connectivity index (χ3n) is 4.62. The SMILES string of the molecule is Cc1noc(C)c1CN1CCOC(CN(C)c2nccn(C)c2=O)C1. The van der Waals surface area contributed by atoms with E-state index in [1.54, 1.807) is 19.4 Å². The smallest absolute Gasteiger partial charge is 0.293 e. The van der Waals surface area contributed by atoms with Crippen molar-refractivity contribution in [1.29, 1.82) is 0 Å². The van der Waals surface area contributed by atoms with Crippen LogP contribution in [0, 0.1) is 13.8 Å². The summed E-state index contributed by atoms with van der Waals surface area (Å²) in [4.78, 5) is 20.6. The maximum atomic E-state index is 12.2. The Labute approximate surface area is 147 Å². The standard InChI is InChI=1S/C17H25N5O3/c1-12-15(13(2)25-19-12)11-22-7-8-24-14(10-22)9-21(4)16-17(23)20(3)6-5-18-16/h5-6,14H,7-11H2,1-4H3. The molecule has 25 heavy (non-hydrogen) atoms. The van der Waals surface area contributed by atoms with E-state index in [1.807, 2.05) is 25.8 Å². The molecule has 0 N–H and O–H groups in total. The number of rotatable bonds is 5. The van der Waals surface area contributed by atoms with Crippen LogP contribution in [0.1, 0.15) is 17.0 Å². The van der Waals surface area contributed by atoms with Gasteiger partial charge in [0.05, 0.1) is 18.4 Å². The van der Waals surface area contributed by atoms with E-state index < -0.39 is 0 Å². The molecule has 0 aliphatic carbocycles. The van der Waals surface area contributed by atoms with Crippen molar-refractivity contribution in [2.24, 2.45) is 7.05 Å². The molecule has 1 fully saturated rings. The number of aromatic nitrogens is 3. The molecule has 0 bridgehead atoms. The van der Waals surface area contributed by atoms with Crippen LogP contribution in [-0.2, 0) is 18.3 Å². The van der Waals surface area contributed by atoms with Crippen LogP contribution in [0.15, 0.2) is 21.7 Å². The fraction of sp³-hybridized carbons (Fsp3) is 0.588. The Morgan fingerprint density at radius 3 is 2.92 bits per heavy atom. The van der Waals surface area contributed by atoms with E-state index in [1.165, 1.54) is 4.57 Å². The molecule has 0 radical (unpaired) electrons. The predicted octanol–water partition coefficient (Wildman–Crippen LogP) is 0.722. The maximum Gasteiger partial charge on any atom is 0.293 e. The van der Waals surface area contributed by atoms with Gasteiger partial charge in [0.1, 0.15) is 5.76 Å². The lowest BCUT2D eigenvalue weighted by Gasteiger charge is -2.34. The lowest BCUT2D eigenvalue weighted by molar-refractivity contribution is -0.0266.